The van der Waals surface area contributed by atoms with Gasteiger partial charge in [0.1, 0.15) is 0 Å². The van der Waals surface area contributed by atoms with Crippen molar-refractivity contribution in [2.24, 2.45) is 23.7 Å². The molecule has 0 aromatic carbocycles. The van der Waals surface area contributed by atoms with Crippen LogP contribution in [-0.4, -0.2) is 35.6 Å². The molecule has 3 nitrogen and oxygen atoms in total. The molecule has 3 heteroatoms. The van der Waals surface area contributed by atoms with Crippen molar-refractivity contribution < 1.29 is 9.90 Å². The van der Waals surface area contributed by atoms with Gasteiger partial charge < -0.3 is 10.0 Å². The topological polar surface area (TPSA) is 40.5 Å². The number of aliphatic hydroxyl groups is 1. The lowest BCUT2D eigenvalue weighted by Gasteiger charge is -2.41. The van der Waals surface area contributed by atoms with Crippen LogP contribution in [0.1, 0.15) is 25.7 Å². The molecule has 2 aliphatic carbocycles. The summed E-state index contributed by atoms with van der Waals surface area (Å²) < 4.78 is 0. The molecule has 1 heterocycles. The van der Waals surface area contributed by atoms with E-state index in [1.807, 2.05) is 4.90 Å². The van der Waals surface area contributed by atoms with Gasteiger partial charge in [-0.2, -0.15) is 0 Å². The molecule has 0 aromatic heterocycles. The van der Waals surface area contributed by atoms with Gasteiger partial charge in [-0.25, -0.2) is 0 Å². The van der Waals surface area contributed by atoms with Crippen LogP contribution in [-0.2, 0) is 4.79 Å². The molecular weight excluding hydrogens is 190 g/mol. The first-order valence-electron chi connectivity index (χ1n) is 6.17. The normalized spacial score (nSPS) is 39.5. The first-order chi connectivity index (χ1) is 7.28. The van der Waals surface area contributed by atoms with E-state index >= 15 is 0 Å². The molecule has 2 bridgehead atoms. The summed E-state index contributed by atoms with van der Waals surface area (Å²) in [5.41, 5.74) is 0. The number of nitrogens with zero attached hydrogens (tertiary/aromatic N) is 1. The minimum absolute atomic E-state index is 0.237. The van der Waals surface area contributed by atoms with Crippen LogP contribution in [0.25, 0.3) is 0 Å². The lowest BCUT2D eigenvalue weighted by molar-refractivity contribution is -0.144. The minimum Gasteiger partial charge on any atom is -0.396 e. The molecule has 3 unspecified atom stereocenters. The lowest BCUT2D eigenvalue weighted by atomic mass is 9.86. The van der Waals surface area contributed by atoms with E-state index in [-0.39, 0.29) is 6.61 Å². The predicted molar refractivity (Wildman–Crippen MR) is 56.1 cm³/mol. The summed E-state index contributed by atoms with van der Waals surface area (Å²) in [4.78, 5) is 14.1. The fraction of sp³-hybridized carbons (Fsp3) is 0.917. The van der Waals surface area contributed by atoms with Crippen molar-refractivity contribution in [1.29, 1.82) is 0 Å². The van der Waals surface area contributed by atoms with Gasteiger partial charge in [-0.1, -0.05) is 6.42 Å². The van der Waals surface area contributed by atoms with Gasteiger partial charge in [-0.3, -0.25) is 4.79 Å². The Morgan fingerprint density at radius 1 is 1.27 bits per heavy atom. The second-order valence-electron chi connectivity index (χ2n) is 5.57. The Morgan fingerprint density at radius 2 is 2.07 bits per heavy atom. The highest BCUT2D eigenvalue weighted by Crippen LogP contribution is 2.49. The van der Waals surface area contributed by atoms with E-state index < -0.39 is 0 Å². The van der Waals surface area contributed by atoms with Gasteiger partial charge in [0.05, 0.1) is 0 Å². The van der Waals surface area contributed by atoms with Crippen molar-refractivity contribution in [1.82, 2.24) is 4.90 Å². The molecule has 15 heavy (non-hydrogen) atoms. The van der Waals surface area contributed by atoms with Gasteiger partial charge >= 0.3 is 0 Å². The van der Waals surface area contributed by atoms with Crippen molar-refractivity contribution in [2.45, 2.75) is 25.7 Å². The highest BCUT2D eigenvalue weighted by Gasteiger charge is 2.46. The molecule has 84 valence electrons. The largest absolute Gasteiger partial charge is 0.396 e. The van der Waals surface area contributed by atoms with E-state index in [1.54, 1.807) is 0 Å². The van der Waals surface area contributed by atoms with E-state index in [9.17, 15) is 4.79 Å². The Bertz CT molecular complexity index is 273. The van der Waals surface area contributed by atoms with Crippen molar-refractivity contribution in [3.63, 3.8) is 0 Å². The van der Waals surface area contributed by atoms with Gasteiger partial charge in [-0.05, 0) is 31.1 Å². The van der Waals surface area contributed by atoms with E-state index in [4.69, 9.17) is 5.11 Å². The van der Waals surface area contributed by atoms with Crippen LogP contribution in [0.2, 0.25) is 0 Å². The Labute approximate surface area is 90.5 Å². The molecule has 3 aliphatic rings. The van der Waals surface area contributed by atoms with Crippen LogP contribution >= 0.6 is 0 Å². The molecule has 2 saturated carbocycles. The standard InChI is InChI=1S/C12H19NO2/c14-7-9-5-13(6-9)12(15)11-4-8-1-2-10(11)3-8/h8-11,14H,1-7H2. The van der Waals surface area contributed by atoms with Crippen LogP contribution < -0.4 is 0 Å². The number of hydrogen-bond donors (Lipinski definition) is 1. The van der Waals surface area contributed by atoms with E-state index in [0.717, 1.165) is 25.4 Å². The molecule has 3 rings (SSSR count). The highest BCUT2D eigenvalue weighted by atomic mass is 16.3. The molecule has 1 amide bonds. The molecule has 3 fully saturated rings. The monoisotopic (exact) mass is 209 g/mol. The third-order valence-corrected chi connectivity index (χ3v) is 4.58. The van der Waals surface area contributed by atoms with Crippen molar-refractivity contribution in [2.75, 3.05) is 19.7 Å². The SMILES string of the molecule is O=C(C1CC2CCC1C2)N1CC(CO)C1. The maximum atomic E-state index is 12.1. The fourth-order valence-corrected chi connectivity index (χ4v) is 3.65. The second kappa shape index (κ2) is 3.48. The summed E-state index contributed by atoms with van der Waals surface area (Å²) in [5, 5.41) is 8.92. The lowest BCUT2D eigenvalue weighted by Crippen LogP contribution is -2.53. The smallest absolute Gasteiger partial charge is 0.225 e. The number of rotatable bonds is 2. The number of likely N-dealkylation sites (tertiary alicyclic amines) is 1. The molecule has 1 aliphatic heterocycles. The Kier molecular flexibility index (Phi) is 2.23. The van der Waals surface area contributed by atoms with Crippen LogP contribution in [0.4, 0.5) is 0 Å². The number of aliphatic hydroxyl groups excluding tert-OH is 1. The van der Waals surface area contributed by atoms with Crippen LogP contribution in [0.5, 0.6) is 0 Å². The Balaban J connectivity index is 1.57. The Morgan fingerprint density at radius 3 is 2.60 bits per heavy atom. The van der Waals surface area contributed by atoms with Crippen LogP contribution in [0.15, 0.2) is 0 Å². The zero-order valence-electron chi connectivity index (χ0n) is 9.06. The Hall–Kier alpha value is -0.570. The van der Waals surface area contributed by atoms with Gasteiger partial charge in [0.2, 0.25) is 5.91 Å². The molecular formula is C12H19NO2. The van der Waals surface area contributed by atoms with Gasteiger partial charge in [0.25, 0.3) is 0 Å². The summed E-state index contributed by atoms with van der Waals surface area (Å²) >= 11 is 0. The molecule has 0 aromatic rings. The van der Waals surface area contributed by atoms with Crippen molar-refractivity contribution >= 4 is 5.91 Å². The summed E-state index contributed by atoms with van der Waals surface area (Å²) in [6, 6.07) is 0. The first-order valence-corrected chi connectivity index (χ1v) is 6.17. The molecule has 1 N–H and O–H groups in total. The maximum absolute atomic E-state index is 12.1. The van der Waals surface area contributed by atoms with Crippen molar-refractivity contribution in [3.05, 3.63) is 0 Å². The van der Waals surface area contributed by atoms with Crippen LogP contribution in [0.3, 0.4) is 0 Å². The molecule has 0 radical (unpaired) electrons. The van der Waals surface area contributed by atoms with Crippen molar-refractivity contribution in [3.8, 4) is 0 Å². The quantitative estimate of drug-likeness (QED) is 0.733. The van der Waals surface area contributed by atoms with E-state index in [2.05, 4.69) is 0 Å². The minimum atomic E-state index is 0.237. The molecule has 0 spiro atoms. The summed E-state index contributed by atoms with van der Waals surface area (Å²) in [7, 11) is 0. The van der Waals surface area contributed by atoms with Gasteiger partial charge in [-0.15, -0.1) is 0 Å². The maximum Gasteiger partial charge on any atom is 0.225 e. The number of hydrogen-bond acceptors (Lipinski definition) is 2. The van der Waals surface area contributed by atoms with E-state index in [0.29, 0.717) is 23.7 Å². The average molecular weight is 209 g/mol. The zero-order valence-corrected chi connectivity index (χ0v) is 9.06. The number of carbonyl (C=O) groups is 1. The summed E-state index contributed by atoms with van der Waals surface area (Å²) in [6.07, 6.45) is 5.07. The number of carbonyl (C=O) groups excluding carboxylic acids is 1. The molecule has 3 atom stereocenters. The number of fused-ring (bicyclic) bond motifs is 2. The third-order valence-electron chi connectivity index (χ3n) is 4.58. The van der Waals surface area contributed by atoms with E-state index in [1.165, 1.54) is 19.3 Å². The summed E-state index contributed by atoms with van der Waals surface area (Å²) in [5.74, 6) is 2.61. The first kappa shape index (κ1) is 9.64. The van der Waals surface area contributed by atoms with Gasteiger partial charge in [0.15, 0.2) is 0 Å². The van der Waals surface area contributed by atoms with Crippen LogP contribution in [0, 0.1) is 23.7 Å². The zero-order chi connectivity index (χ0) is 10.4. The molecule has 1 saturated heterocycles. The average Bonchev–Trinajstić information content (AvgIpc) is 2.76. The number of amides is 1. The second-order valence-corrected chi connectivity index (χ2v) is 5.57. The summed E-state index contributed by atoms with van der Waals surface area (Å²) in [6.45, 7) is 1.83. The third kappa shape index (κ3) is 1.48. The predicted octanol–water partition coefficient (Wildman–Crippen LogP) is 0.873. The highest BCUT2D eigenvalue weighted by molar-refractivity contribution is 5.80. The fourth-order valence-electron chi connectivity index (χ4n) is 3.65. The van der Waals surface area contributed by atoms with Gasteiger partial charge in [0, 0.05) is 31.5 Å².